The molecule has 0 saturated heterocycles. The maximum absolute atomic E-state index is 11.4. The predicted molar refractivity (Wildman–Crippen MR) is 73.4 cm³/mol. The van der Waals surface area contributed by atoms with Crippen LogP contribution in [0, 0.1) is 5.41 Å². The molecule has 106 valence electrons. The van der Waals surface area contributed by atoms with Gasteiger partial charge >= 0.3 is 0 Å². The zero-order valence-electron chi connectivity index (χ0n) is 11.9. The van der Waals surface area contributed by atoms with Crippen molar-refractivity contribution in [2.24, 2.45) is 5.41 Å². The summed E-state index contributed by atoms with van der Waals surface area (Å²) < 4.78 is 0. The Labute approximate surface area is 111 Å². The quantitative estimate of drug-likeness (QED) is 0.677. The van der Waals surface area contributed by atoms with Gasteiger partial charge in [-0.15, -0.1) is 0 Å². The second-order valence-corrected chi connectivity index (χ2v) is 5.79. The Bertz CT molecular complexity index is 248. The van der Waals surface area contributed by atoms with Gasteiger partial charge in [-0.25, -0.2) is 0 Å². The summed E-state index contributed by atoms with van der Waals surface area (Å²) in [5, 5.41) is 13.0. The molecule has 0 aromatic rings. The van der Waals surface area contributed by atoms with E-state index in [2.05, 4.69) is 5.32 Å². The maximum atomic E-state index is 11.4. The van der Waals surface area contributed by atoms with E-state index in [9.17, 15) is 9.90 Å². The standard InChI is InChI=1S/C14H28N2O2/c1-16(2)13(18)7-6-10-15-11-14(12-17)8-4-3-5-9-14/h15,17H,3-12H2,1-2H3. The number of hydrogen-bond acceptors (Lipinski definition) is 3. The van der Waals surface area contributed by atoms with Crippen LogP contribution in [0.3, 0.4) is 0 Å². The molecule has 0 aromatic heterocycles. The molecule has 1 fully saturated rings. The van der Waals surface area contributed by atoms with Gasteiger partial charge in [-0.1, -0.05) is 19.3 Å². The molecule has 1 amide bonds. The van der Waals surface area contributed by atoms with Crippen molar-refractivity contribution in [1.82, 2.24) is 10.2 Å². The summed E-state index contributed by atoms with van der Waals surface area (Å²) in [6.45, 7) is 2.04. The molecule has 0 spiro atoms. The van der Waals surface area contributed by atoms with Crippen molar-refractivity contribution in [3.8, 4) is 0 Å². The van der Waals surface area contributed by atoms with Gasteiger partial charge in [0.2, 0.25) is 5.91 Å². The highest BCUT2D eigenvalue weighted by molar-refractivity contribution is 5.75. The van der Waals surface area contributed by atoms with Crippen LogP contribution in [0.2, 0.25) is 0 Å². The molecule has 2 N–H and O–H groups in total. The third-order valence-corrected chi connectivity index (χ3v) is 3.99. The molecule has 1 aliphatic carbocycles. The van der Waals surface area contributed by atoms with Crippen LogP contribution in [0.4, 0.5) is 0 Å². The van der Waals surface area contributed by atoms with E-state index in [0.29, 0.717) is 6.42 Å². The number of amides is 1. The normalized spacial score (nSPS) is 18.6. The van der Waals surface area contributed by atoms with Crippen molar-refractivity contribution in [3.05, 3.63) is 0 Å². The third-order valence-electron chi connectivity index (χ3n) is 3.99. The zero-order chi connectivity index (χ0) is 13.4. The molecule has 0 heterocycles. The summed E-state index contributed by atoms with van der Waals surface area (Å²) in [7, 11) is 3.58. The third kappa shape index (κ3) is 4.94. The van der Waals surface area contributed by atoms with E-state index in [1.165, 1.54) is 19.3 Å². The van der Waals surface area contributed by atoms with E-state index in [1.807, 2.05) is 0 Å². The summed E-state index contributed by atoms with van der Waals surface area (Å²) in [5.41, 5.74) is 0.101. The Balaban J connectivity index is 2.14. The number of hydrogen-bond donors (Lipinski definition) is 2. The zero-order valence-corrected chi connectivity index (χ0v) is 11.9. The molecule has 1 saturated carbocycles. The van der Waals surface area contributed by atoms with Crippen molar-refractivity contribution in [2.75, 3.05) is 33.8 Å². The molecule has 0 bridgehead atoms. The minimum Gasteiger partial charge on any atom is -0.396 e. The topological polar surface area (TPSA) is 52.6 Å². The van der Waals surface area contributed by atoms with Crippen LogP contribution < -0.4 is 5.32 Å². The summed E-state index contributed by atoms with van der Waals surface area (Å²) in [4.78, 5) is 13.0. The van der Waals surface area contributed by atoms with E-state index in [0.717, 1.165) is 32.4 Å². The molecule has 0 radical (unpaired) electrons. The highest BCUT2D eigenvalue weighted by atomic mass is 16.3. The average molecular weight is 256 g/mol. The van der Waals surface area contributed by atoms with Crippen molar-refractivity contribution in [1.29, 1.82) is 0 Å². The molecule has 4 nitrogen and oxygen atoms in total. The van der Waals surface area contributed by atoms with E-state index >= 15 is 0 Å². The molecular weight excluding hydrogens is 228 g/mol. The van der Waals surface area contributed by atoms with Crippen LogP contribution in [-0.4, -0.2) is 49.7 Å². The monoisotopic (exact) mass is 256 g/mol. The van der Waals surface area contributed by atoms with Crippen molar-refractivity contribution >= 4 is 5.91 Å². The average Bonchev–Trinajstić information content (AvgIpc) is 2.39. The number of aliphatic hydroxyl groups is 1. The van der Waals surface area contributed by atoms with Gasteiger partial charge in [0.25, 0.3) is 0 Å². The van der Waals surface area contributed by atoms with Gasteiger partial charge in [0.1, 0.15) is 0 Å². The van der Waals surface area contributed by atoms with Crippen LogP contribution in [0.15, 0.2) is 0 Å². The molecule has 0 aliphatic heterocycles. The second-order valence-electron chi connectivity index (χ2n) is 5.79. The Hall–Kier alpha value is -0.610. The fraction of sp³-hybridized carbons (Fsp3) is 0.929. The molecular formula is C14H28N2O2. The lowest BCUT2D eigenvalue weighted by molar-refractivity contribution is -0.128. The Morgan fingerprint density at radius 2 is 1.94 bits per heavy atom. The van der Waals surface area contributed by atoms with E-state index in [-0.39, 0.29) is 17.9 Å². The maximum Gasteiger partial charge on any atom is 0.222 e. The van der Waals surface area contributed by atoms with Crippen LogP contribution in [-0.2, 0) is 4.79 Å². The van der Waals surface area contributed by atoms with Gasteiger partial charge in [-0.05, 0) is 25.8 Å². The number of nitrogens with zero attached hydrogens (tertiary/aromatic N) is 1. The fourth-order valence-electron chi connectivity index (χ4n) is 2.63. The molecule has 0 unspecified atom stereocenters. The van der Waals surface area contributed by atoms with Gasteiger partial charge in [0.05, 0.1) is 0 Å². The van der Waals surface area contributed by atoms with Crippen molar-refractivity contribution < 1.29 is 9.90 Å². The van der Waals surface area contributed by atoms with Gasteiger partial charge in [0.15, 0.2) is 0 Å². The summed E-state index contributed by atoms with van der Waals surface area (Å²) in [5.74, 6) is 0.186. The molecule has 1 aliphatic rings. The van der Waals surface area contributed by atoms with Crippen LogP contribution in [0.1, 0.15) is 44.9 Å². The lowest BCUT2D eigenvalue weighted by atomic mass is 9.74. The number of carbonyl (C=O) groups is 1. The molecule has 18 heavy (non-hydrogen) atoms. The first-order chi connectivity index (χ1) is 8.59. The molecule has 4 heteroatoms. The van der Waals surface area contributed by atoms with Gasteiger partial charge in [-0.3, -0.25) is 4.79 Å². The van der Waals surface area contributed by atoms with Gasteiger partial charge in [-0.2, -0.15) is 0 Å². The number of rotatable bonds is 7. The van der Waals surface area contributed by atoms with E-state index < -0.39 is 0 Å². The van der Waals surface area contributed by atoms with Crippen LogP contribution >= 0.6 is 0 Å². The smallest absolute Gasteiger partial charge is 0.222 e. The first-order valence-corrected chi connectivity index (χ1v) is 7.11. The van der Waals surface area contributed by atoms with E-state index in [4.69, 9.17) is 0 Å². The number of nitrogens with one attached hydrogen (secondary N) is 1. The first kappa shape index (κ1) is 15.4. The van der Waals surface area contributed by atoms with Crippen LogP contribution in [0.25, 0.3) is 0 Å². The Kier molecular flexibility index (Phi) is 6.65. The largest absolute Gasteiger partial charge is 0.396 e. The first-order valence-electron chi connectivity index (χ1n) is 7.11. The Morgan fingerprint density at radius 1 is 1.28 bits per heavy atom. The van der Waals surface area contributed by atoms with Crippen LogP contribution in [0.5, 0.6) is 0 Å². The minimum atomic E-state index is 0.101. The minimum absolute atomic E-state index is 0.101. The van der Waals surface area contributed by atoms with Crippen molar-refractivity contribution in [3.63, 3.8) is 0 Å². The van der Waals surface area contributed by atoms with Crippen molar-refractivity contribution in [2.45, 2.75) is 44.9 Å². The Morgan fingerprint density at radius 3 is 2.50 bits per heavy atom. The lowest BCUT2D eigenvalue weighted by Gasteiger charge is -2.35. The summed E-state index contributed by atoms with van der Waals surface area (Å²) in [6, 6.07) is 0. The highest BCUT2D eigenvalue weighted by Crippen LogP contribution is 2.35. The number of carbonyl (C=O) groups excluding carboxylic acids is 1. The summed E-state index contributed by atoms with van der Waals surface area (Å²) in [6.07, 6.45) is 7.52. The fourth-order valence-corrected chi connectivity index (χ4v) is 2.63. The van der Waals surface area contributed by atoms with E-state index in [1.54, 1.807) is 19.0 Å². The molecule has 0 aromatic carbocycles. The SMILES string of the molecule is CN(C)C(=O)CCCNCC1(CO)CCCCC1. The highest BCUT2D eigenvalue weighted by Gasteiger charge is 2.30. The molecule has 0 atom stereocenters. The summed E-state index contributed by atoms with van der Waals surface area (Å²) >= 11 is 0. The number of aliphatic hydroxyl groups excluding tert-OH is 1. The lowest BCUT2D eigenvalue weighted by Crippen LogP contribution is -2.39. The van der Waals surface area contributed by atoms with Gasteiger partial charge in [0, 0.05) is 39.1 Å². The van der Waals surface area contributed by atoms with Gasteiger partial charge < -0.3 is 15.3 Å². The molecule has 1 rings (SSSR count). The second kappa shape index (κ2) is 7.74. The predicted octanol–water partition coefficient (Wildman–Crippen LogP) is 1.39.